The molecular weight excluding hydrogens is 272 g/mol. The van der Waals surface area contributed by atoms with Crippen molar-refractivity contribution in [3.63, 3.8) is 0 Å². The smallest absolute Gasteiger partial charge is 0.237 e. The van der Waals surface area contributed by atoms with E-state index < -0.39 is 5.60 Å². The number of hydrogen-bond donors (Lipinski definition) is 1. The fourth-order valence-electron chi connectivity index (χ4n) is 3.27. The Bertz CT molecular complexity index is 494. The van der Waals surface area contributed by atoms with Crippen LogP contribution in [0.5, 0.6) is 0 Å². The number of thiophene rings is 1. The maximum absolute atomic E-state index is 12.3. The minimum Gasteiger partial charge on any atom is -0.387 e. The van der Waals surface area contributed by atoms with Crippen LogP contribution in [-0.2, 0) is 17.8 Å². The van der Waals surface area contributed by atoms with E-state index in [1.54, 1.807) is 11.3 Å². The van der Waals surface area contributed by atoms with Gasteiger partial charge in [-0.2, -0.15) is 0 Å². The summed E-state index contributed by atoms with van der Waals surface area (Å²) in [6, 6.07) is 2.13. The highest BCUT2D eigenvalue weighted by Crippen LogP contribution is 2.27. The first-order valence-corrected chi connectivity index (χ1v) is 8.25. The van der Waals surface area contributed by atoms with Gasteiger partial charge in [0.15, 0.2) is 0 Å². The number of amides is 1. The van der Waals surface area contributed by atoms with Crippen molar-refractivity contribution in [2.75, 3.05) is 26.2 Å². The molecule has 0 saturated carbocycles. The van der Waals surface area contributed by atoms with Crippen molar-refractivity contribution in [3.05, 3.63) is 21.9 Å². The Morgan fingerprint density at radius 2 is 2.30 bits per heavy atom. The lowest BCUT2D eigenvalue weighted by Crippen LogP contribution is -2.63. The van der Waals surface area contributed by atoms with Gasteiger partial charge in [-0.15, -0.1) is 11.3 Å². The van der Waals surface area contributed by atoms with E-state index >= 15 is 0 Å². The molecular formula is C15H22N2O2S. The summed E-state index contributed by atoms with van der Waals surface area (Å²) in [4.78, 5) is 17.7. The van der Waals surface area contributed by atoms with Gasteiger partial charge >= 0.3 is 0 Å². The van der Waals surface area contributed by atoms with E-state index in [9.17, 15) is 9.90 Å². The number of likely N-dealkylation sites (tertiary alicyclic amines) is 1. The molecule has 0 aromatic carbocycles. The van der Waals surface area contributed by atoms with Crippen LogP contribution in [0.25, 0.3) is 0 Å². The van der Waals surface area contributed by atoms with Crippen LogP contribution in [0.4, 0.5) is 0 Å². The summed E-state index contributed by atoms with van der Waals surface area (Å²) in [6.45, 7) is 5.40. The monoisotopic (exact) mass is 294 g/mol. The Hall–Kier alpha value is -0.910. The maximum atomic E-state index is 12.3. The number of rotatable bonds is 4. The van der Waals surface area contributed by atoms with Crippen LogP contribution >= 0.6 is 11.3 Å². The van der Waals surface area contributed by atoms with Gasteiger partial charge in [0.2, 0.25) is 5.91 Å². The highest BCUT2D eigenvalue weighted by molar-refractivity contribution is 7.10. The number of aliphatic hydroxyl groups is 1. The number of hydrogen-bond acceptors (Lipinski definition) is 4. The second-order valence-corrected chi connectivity index (χ2v) is 7.05. The first kappa shape index (κ1) is 14.0. The van der Waals surface area contributed by atoms with Crippen molar-refractivity contribution in [1.82, 2.24) is 9.80 Å². The highest BCUT2D eigenvalue weighted by Gasteiger charge is 2.41. The van der Waals surface area contributed by atoms with E-state index in [1.807, 2.05) is 4.90 Å². The second-order valence-electron chi connectivity index (χ2n) is 6.05. The first-order chi connectivity index (χ1) is 9.59. The summed E-state index contributed by atoms with van der Waals surface area (Å²) < 4.78 is 0. The fourth-order valence-corrected chi connectivity index (χ4v) is 4.16. The number of fused-ring (bicyclic) bond motifs is 1. The molecule has 2 aliphatic rings. The second kappa shape index (κ2) is 5.47. The molecule has 3 rings (SSSR count). The Labute approximate surface area is 124 Å². The van der Waals surface area contributed by atoms with Crippen molar-refractivity contribution < 1.29 is 9.90 Å². The van der Waals surface area contributed by atoms with Crippen molar-refractivity contribution in [1.29, 1.82) is 0 Å². The van der Waals surface area contributed by atoms with Gasteiger partial charge in [-0.25, -0.2) is 0 Å². The zero-order valence-corrected chi connectivity index (χ0v) is 12.8. The summed E-state index contributed by atoms with van der Waals surface area (Å²) in [5.41, 5.74) is 0.762. The van der Waals surface area contributed by atoms with Gasteiger partial charge in [-0.3, -0.25) is 9.69 Å². The van der Waals surface area contributed by atoms with Gasteiger partial charge in [0, 0.05) is 31.1 Å². The van der Waals surface area contributed by atoms with E-state index in [4.69, 9.17) is 0 Å². The van der Waals surface area contributed by atoms with Gasteiger partial charge < -0.3 is 10.0 Å². The molecule has 3 heterocycles. The molecule has 0 unspecified atom stereocenters. The standard InChI is InChI=1S/C15H22N2O2S/c1-2-5-15(19)10-16(11-15)9-14(18)17-6-3-13-12(8-17)4-7-20-13/h4,7,19H,2-3,5-6,8-11H2,1H3. The Morgan fingerprint density at radius 3 is 3.05 bits per heavy atom. The van der Waals surface area contributed by atoms with Crippen LogP contribution in [0.1, 0.15) is 30.2 Å². The Kier molecular flexibility index (Phi) is 3.84. The zero-order chi connectivity index (χ0) is 14.2. The van der Waals surface area contributed by atoms with Gasteiger partial charge in [-0.1, -0.05) is 13.3 Å². The summed E-state index contributed by atoms with van der Waals surface area (Å²) in [6.07, 6.45) is 2.81. The summed E-state index contributed by atoms with van der Waals surface area (Å²) in [5, 5.41) is 12.3. The highest BCUT2D eigenvalue weighted by atomic mass is 32.1. The molecule has 0 bridgehead atoms. The molecule has 4 nitrogen and oxygen atoms in total. The van der Waals surface area contributed by atoms with E-state index in [-0.39, 0.29) is 5.91 Å². The quantitative estimate of drug-likeness (QED) is 0.915. The van der Waals surface area contributed by atoms with E-state index in [0.29, 0.717) is 19.6 Å². The molecule has 20 heavy (non-hydrogen) atoms. The largest absolute Gasteiger partial charge is 0.387 e. The Balaban J connectivity index is 1.49. The maximum Gasteiger partial charge on any atom is 0.237 e. The fraction of sp³-hybridized carbons (Fsp3) is 0.667. The lowest BCUT2D eigenvalue weighted by Gasteiger charge is -2.46. The van der Waals surface area contributed by atoms with Crippen molar-refractivity contribution in [3.8, 4) is 0 Å². The average molecular weight is 294 g/mol. The normalized spacial score (nSPS) is 21.4. The topological polar surface area (TPSA) is 43.8 Å². The molecule has 110 valence electrons. The Morgan fingerprint density at radius 1 is 1.50 bits per heavy atom. The van der Waals surface area contributed by atoms with Crippen LogP contribution in [-0.4, -0.2) is 52.6 Å². The third-order valence-electron chi connectivity index (χ3n) is 4.27. The van der Waals surface area contributed by atoms with Crippen LogP contribution in [0.15, 0.2) is 11.4 Å². The average Bonchev–Trinajstić information content (AvgIpc) is 2.84. The number of β-amino-alcohol motifs (C(OH)–C–C–N with tert-alkyl or cyclic N) is 1. The van der Waals surface area contributed by atoms with Crippen LogP contribution in [0, 0.1) is 0 Å². The number of nitrogens with zero attached hydrogens (tertiary/aromatic N) is 2. The molecule has 0 aliphatic carbocycles. The minimum absolute atomic E-state index is 0.195. The van der Waals surface area contributed by atoms with Crippen LogP contribution in [0.3, 0.4) is 0 Å². The summed E-state index contributed by atoms with van der Waals surface area (Å²) in [5.74, 6) is 0.195. The van der Waals surface area contributed by atoms with Gasteiger partial charge in [0.1, 0.15) is 0 Å². The minimum atomic E-state index is -0.544. The molecule has 0 radical (unpaired) electrons. The molecule has 1 aromatic heterocycles. The summed E-state index contributed by atoms with van der Waals surface area (Å²) >= 11 is 1.79. The SMILES string of the molecule is CCCC1(O)CN(CC(=O)N2CCc3sccc3C2)C1. The van der Waals surface area contributed by atoms with Gasteiger partial charge in [-0.05, 0) is 29.9 Å². The molecule has 1 aromatic rings. The lowest BCUT2D eigenvalue weighted by molar-refractivity contribution is -0.143. The van der Waals surface area contributed by atoms with E-state index in [2.05, 4.69) is 23.3 Å². The van der Waals surface area contributed by atoms with E-state index in [1.165, 1.54) is 10.4 Å². The summed E-state index contributed by atoms with van der Waals surface area (Å²) in [7, 11) is 0. The molecule has 1 amide bonds. The number of carbonyl (C=O) groups is 1. The van der Waals surface area contributed by atoms with Crippen molar-refractivity contribution in [2.45, 2.75) is 38.3 Å². The molecule has 0 spiro atoms. The zero-order valence-electron chi connectivity index (χ0n) is 12.0. The predicted octanol–water partition coefficient (Wildman–Crippen LogP) is 1.48. The predicted molar refractivity (Wildman–Crippen MR) is 79.7 cm³/mol. The molecule has 1 N–H and O–H groups in total. The van der Waals surface area contributed by atoms with Crippen molar-refractivity contribution >= 4 is 17.2 Å². The molecule has 5 heteroatoms. The molecule has 0 atom stereocenters. The lowest BCUT2D eigenvalue weighted by atomic mass is 9.89. The third-order valence-corrected chi connectivity index (χ3v) is 5.29. The van der Waals surface area contributed by atoms with Gasteiger partial charge in [0.25, 0.3) is 0 Å². The first-order valence-electron chi connectivity index (χ1n) is 7.37. The van der Waals surface area contributed by atoms with E-state index in [0.717, 1.165) is 32.4 Å². The molecule has 1 saturated heterocycles. The molecule has 2 aliphatic heterocycles. The van der Waals surface area contributed by atoms with Crippen LogP contribution < -0.4 is 0 Å². The number of carbonyl (C=O) groups excluding carboxylic acids is 1. The van der Waals surface area contributed by atoms with Crippen LogP contribution in [0.2, 0.25) is 0 Å². The third kappa shape index (κ3) is 2.75. The van der Waals surface area contributed by atoms with Crippen molar-refractivity contribution in [2.24, 2.45) is 0 Å². The van der Waals surface area contributed by atoms with Gasteiger partial charge in [0.05, 0.1) is 12.1 Å². The molecule has 1 fully saturated rings.